The molecule has 0 aliphatic heterocycles. The molecule has 2 nitrogen and oxygen atoms in total. The highest BCUT2D eigenvalue weighted by Gasteiger charge is 2.21. The summed E-state index contributed by atoms with van der Waals surface area (Å²) < 4.78 is 4.99. The number of rotatable bonds is 4. The van der Waals surface area contributed by atoms with Crippen LogP contribution in [0.15, 0.2) is 36.4 Å². The van der Waals surface area contributed by atoms with E-state index in [-0.39, 0.29) is 0 Å². The molecule has 0 spiro atoms. The van der Waals surface area contributed by atoms with Crippen molar-refractivity contribution < 1.29 is 9.53 Å². The Labute approximate surface area is 136 Å². The van der Waals surface area contributed by atoms with Gasteiger partial charge in [0.25, 0.3) is 0 Å². The van der Waals surface area contributed by atoms with Gasteiger partial charge >= 0.3 is 6.47 Å². The topological polar surface area (TPSA) is 26.3 Å². The lowest BCUT2D eigenvalue weighted by molar-refractivity contribution is 0.216. The van der Waals surface area contributed by atoms with Gasteiger partial charge < -0.3 is 4.74 Å². The maximum Gasteiger partial charge on any atom is 0.418 e. The third-order valence-electron chi connectivity index (χ3n) is 2.66. The number of hydrogen-bond acceptors (Lipinski definition) is 2. The molecule has 0 aromatic heterocycles. The summed E-state index contributed by atoms with van der Waals surface area (Å²) in [5, 5.41) is 1.69. The van der Waals surface area contributed by atoms with Gasteiger partial charge in [-0.3, -0.25) is 0 Å². The van der Waals surface area contributed by atoms with Crippen molar-refractivity contribution in [3.63, 3.8) is 0 Å². The molecule has 0 unspecified atom stereocenters. The van der Waals surface area contributed by atoms with E-state index >= 15 is 0 Å². The summed E-state index contributed by atoms with van der Waals surface area (Å²) in [6, 6.07) is 9.74. The van der Waals surface area contributed by atoms with E-state index in [9.17, 15) is 4.79 Å². The molecule has 6 heteroatoms. The van der Waals surface area contributed by atoms with Crippen LogP contribution in [0.2, 0.25) is 20.1 Å². The average Bonchev–Trinajstić information content (AvgIpc) is 2.37. The Bertz CT molecular complexity index is 592. The Balaban J connectivity index is 2.52. The first-order valence-corrected chi connectivity index (χ1v) is 6.97. The Kier molecular flexibility index (Phi) is 5.17. The highest BCUT2D eigenvalue weighted by atomic mass is 35.5. The number of benzene rings is 2. The second-order valence-electron chi connectivity index (χ2n) is 3.91. The minimum Gasteiger partial charge on any atom is -0.444 e. The van der Waals surface area contributed by atoms with Gasteiger partial charge in [0.15, 0.2) is 6.10 Å². The lowest BCUT2D eigenvalue weighted by atomic mass is 10.0. The van der Waals surface area contributed by atoms with E-state index in [1.54, 1.807) is 36.4 Å². The summed E-state index contributed by atoms with van der Waals surface area (Å²) >= 11 is 24.0. The van der Waals surface area contributed by atoms with Gasteiger partial charge in [-0.25, -0.2) is 4.79 Å². The molecular weight excluding hydrogens is 342 g/mol. The number of halogens is 4. The molecule has 0 N–H and O–H groups in total. The van der Waals surface area contributed by atoms with Crippen LogP contribution in [0.5, 0.6) is 0 Å². The zero-order valence-corrected chi connectivity index (χ0v) is 12.9. The van der Waals surface area contributed by atoms with Gasteiger partial charge in [0, 0.05) is 31.2 Å². The van der Waals surface area contributed by atoms with Crippen LogP contribution < -0.4 is 0 Å². The number of carbonyl (C=O) groups excluding carboxylic acids is 1. The largest absolute Gasteiger partial charge is 0.444 e. The molecule has 0 atom stereocenters. The molecule has 0 fully saturated rings. The second kappa shape index (κ2) is 6.68. The van der Waals surface area contributed by atoms with Crippen LogP contribution in [0.25, 0.3) is 0 Å². The molecule has 1 radical (unpaired) electrons. The summed E-state index contributed by atoms with van der Waals surface area (Å²) in [6.07, 6.45) is -0.776. The Hall–Kier alpha value is -0.930. The van der Waals surface area contributed by atoms with E-state index < -0.39 is 6.10 Å². The van der Waals surface area contributed by atoms with E-state index in [4.69, 9.17) is 51.1 Å². The zero-order valence-electron chi connectivity index (χ0n) is 9.87. The molecule has 2 aromatic carbocycles. The summed E-state index contributed by atoms with van der Waals surface area (Å²) in [5.74, 6) is 0. The zero-order chi connectivity index (χ0) is 14.7. The van der Waals surface area contributed by atoms with Crippen molar-refractivity contribution in [3.8, 4) is 0 Å². The van der Waals surface area contributed by atoms with Crippen LogP contribution in [-0.2, 0) is 9.53 Å². The first-order valence-electron chi connectivity index (χ1n) is 5.45. The third kappa shape index (κ3) is 3.39. The molecule has 103 valence electrons. The van der Waals surface area contributed by atoms with E-state index in [1.165, 1.54) is 6.47 Å². The predicted octanol–water partition coefficient (Wildman–Crippen LogP) is 5.47. The van der Waals surface area contributed by atoms with Gasteiger partial charge in [-0.2, -0.15) is 0 Å². The standard InChI is InChI=1S/C14H7Cl4O2/c15-8-1-3-10(12(17)5-8)14(20-7-19)11-4-2-9(16)6-13(11)18/h1-6,14H. The molecule has 0 saturated carbocycles. The lowest BCUT2D eigenvalue weighted by Crippen LogP contribution is -2.06. The Morgan fingerprint density at radius 1 is 0.850 bits per heavy atom. The van der Waals surface area contributed by atoms with Crippen LogP contribution in [0.4, 0.5) is 0 Å². The maximum absolute atomic E-state index is 10.6. The highest BCUT2D eigenvalue weighted by Crippen LogP contribution is 2.36. The van der Waals surface area contributed by atoms with Crippen molar-refractivity contribution in [2.24, 2.45) is 0 Å². The summed E-state index contributed by atoms with van der Waals surface area (Å²) in [7, 11) is 0. The monoisotopic (exact) mass is 347 g/mol. The molecule has 0 amide bonds. The van der Waals surface area contributed by atoms with Gasteiger partial charge in [0.1, 0.15) is 0 Å². The normalized spacial score (nSPS) is 10.7. The van der Waals surface area contributed by atoms with Crippen molar-refractivity contribution in [3.05, 3.63) is 67.6 Å². The number of hydrogen-bond donors (Lipinski definition) is 0. The molecule has 2 aromatic rings. The van der Waals surface area contributed by atoms with Crippen molar-refractivity contribution in [1.29, 1.82) is 0 Å². The number of ether oxygens (including phenoxy) is 1. The molecule has 0 heterocycles. The van der Waals surface area contributed by atoms with Gasteiger partial charge in [0.05, 0.1) is 0 Å². The third-order valence-corrected chi connectivity index (χ3v) is 3.78. The van der Waals surface area contributed by atoms with Crippen LogP contribution in [0.3, 0.4) is 0 Å². The fourth-order valence-electron chi connectivity index (χ4n) is 1.77. The smallest absolute Gasteiger partial charge is 0.418 e. The van der Waals surface area contributed by atoms with Crippen LogP contribution in [0.1, 0.15) is 17.2 Å². The van der Waals surface area contributed by atoms with Crippen LogP contribution >= 0.6 is 46.4 Å². The van der Waals surface area contributed by atoms with Crippen LogP contribution in [-0.4, -0.2) is 6.47 Å². The molecule has 0 saturated heterocycles. The van der Waals surface area contributed by atoms with Crippen LogP contribution in [0, 0.1) is 0 Å². The van der Waals surface area contributed by atoms with Crippen molar-refractivity contribution in [1.82, 2.24) is 0 Å². The van der Waals surface area contributed by atoms with Gasteiger partial charge in [-0.15, -0.1) is 0 Å². The lowest BCUT2D eigenvalue weighted by Gasteiger charge is -2.18. The molecule has 0 bridgehead atoms. The molecule has 0 aliphatic rings. The molecule has 2 rings (SSSR count). The molecule has 20 heavy (non-hydrogen) atoms. The van der Waals surface area contributed by atoms with E-state index in [0.717, 1.165) is 0 Å². The first-order chi connectivity index (χ1) is 9.52. The van der Waals surface area contributed by atoms with E-state index in [0.29, 0.717) is 31.2 Å². The summed E-state index contributed by atoms with van der Waals surface area (Å²) in [4.78, 5) is 10.6. The maximum atomic E-state index is 10.6. The van der Waals surface area contributed by atoms with Crippen molar-refractivity contribution in [2.45, 2.75) is 6.10 Å². The molecule has 0 aliphatic carbocycles. The van der Waals surface area contributed by atoms with Crippen molar-refractivity contribution >= 4 is 52.9 Å². The quantitative estimate of drug-likeness (QED) is 0.731. The minimum absolute atomic E-state index is 0.365. The fraction of sp³-hybridized carbons (Fsp3) is 0.0714. The Morgan fingerprint density at radius 2 is 1.30 bits per heavy atom. The predicted molar refractivity (Wildman–Crippen MR) is 81.5 cm³/mol. The first kappa shape index (κ1) is 15.5. The average molecular weight is 349 g/mol. The highest BCUT2D eigenvalue weighted by molar-refractivity contribution is 6.36. The van der Waals surface area contributed by atoms with E-state index in [2.05, 4.69) is 0 Å². The fourth-order valence-corrected chi connectivity index (χ4v) is 2.79. The van der Waals surface area contributed by atoms with E-state index in [1.807, 2.05) is 0 Å². The Morgan fingerprint density at radius 3 is 1.65 bits per heavy atom. The second-order valence-corrected chi connectivity index (χ2v) is 5.60. The van der Waals surface area contributed by atoms with Gasteiger partial charge in [-0.1, -0.05) is 58.5 Å². The summed E-state index contributed by atoms with van der Waals surface area (Å²) in [6.45, 7) is 1.42. The summed E-state index contributed by atoms with van der Waals surface area (Å²) in [5.41, 5.74) is 1.12. The van der Waals surface area contributed by atoms with Gasteiger partial charge in [-0.05, 0) is 24.3 Å². The van der Waals surface area contributed by atoms with Crippen molar-refractivity contribution in [2.75, 3.05) is 0 Å². The van der Waals surface area contributed by atoms with Gasteiger partial charge in [0.2, 0.25) is 0 Å². The molecular formula is C14H7Cl4O2. The SMILES string of the molecule is O=[C]OC(c1ccc(Cl)cc1Cl)c1ccc(Cl)cc1Cl. The minimum atomic E-state index is -0.776.